The van der Waals surface area contributed by atoms with Crippen LogP contribution in [0.15, 0.2) is 6.58 Å². The Morgan fingerprint density at radius 1 is 1.50 bits per heavy atom. The summed E-state index contributed by atoms with van der Waals surface area (Å²) in [6.45, 7) is 7.60. The number of nitrogen functional groups attached to an aromatic ring is 1. The minimum Gasteiger partial charge on any atom is -0.397 e. The molecule has 0 aliphatic rings. The number of rotatable bonds is 1. The smallest absolute Gasteiger partial charge is 0.0558 e. The molecule has 1 aromatic rings. The third-order valence-electron chi connectivity index (χ3n) is 1.74. The van der Waals surface area contributed by atoms with E-state index < -0.39 is 0 Å². The third kappa shape index (κ3) is 0.817. The van der Waals surface area contributed by atoms with Gasteiger partial charge in [0.1, 0.15) is 0 Å². The fourth-order valence-corrected chi connectivity index (χ4v) is 0.994. The van der Waals surface area contributed by atoms with Gasteiger partial charge in [0.15, 0.2) is 0 Å². The van der Waals surface area contributed by atoms with Crippen molar-refractivity contribution >= 4 is 11.8 Å². The molecule has 0 saturated heterocycles. The molecule has 2 heteroatoms. The van der Waals surface area contributed by atoms with E-state index in [9.17, 15) is 0 Å². The molecule has 2 nitrogen and oxygen atoms in total. The molecule has 1 heterocycles. The lowest BCUT2D eigenvalue weighted by molar-refractivity contribution is 1.25. The van der Waals surface area contributed by atoms with Crippen molar-refractivity contribution in [1.82, 2.24) is 4.98 Å². The van der Waals surface area contributed by atoms with Crippen molar-refractivity contribution in [3.8, 4) is 0 Å². The summed E-state index contributed by atoms with van der Waals surface area (Å²) in [6, 6.07) is 0. The summed E-state index contributed by atoms with van der Waals surface area (Å²) < 4.78 is 0. The first kappa shape index (κ1) is 6.93. The van der Waals surface area contributed by atoms with Crippen LogP contribution in [0.5, 0.6) is 0 Å². The number of aryl methyl sites for hydroxylation is 1. The maximum atomic E-state index is 5.70. The molecule has 10 heavy (non-hydrogen) atoms. The van der Waals surface area contributed by atoms with Gasteiger partial charge in [0.05, 0.1) is 5.69 Å². The first-order valence-corrected chi connectivity index (χ1v) is 3.24. The molecule has 0 fully saturated rings. The second kappa shape index (κ2) is 2.21. The Morgan fingerprint density at radius 2 is 2.10 bits per heavy atom. The fraction of sp³-hybridized carbons (Fsp3) is 0.250. The van der Waals surface area contributed by atoms with Gasteiger partial charge in [-0.25, -0.2) is 0 Å². The molecule has 54 valence electrons. The molecule has 0 aliphatic carbocycles. The maximum Gasteiger partial charge on any atom is 0.0558 e. The SMILES string of the molecule is C=Cc1[nH]c(C)c(N)c1C. The van der Waals surface area contributed by atoms with E-state index in [1.807, 2.05) is 13.8 Å². The Balaban J connectivity index is 3.30. The lowest BCUT2D eigenvalue weighted by atomic mass is 10.2. The van der Waals surface area contributed by atoms with E-state index in [0.717, 1.165) is 22.6 Å². The van der Waals surface area contributed by atoms with Crippen molar-refractivity contribution in [2.45, 2.75) is 13.8 Å². The van der Waals surface area contributed by atoms with Crippen molar-refractivity contribution in [1.29, 1.82) is 0 Å². The molecule has 0 radical (unpaired) electrons. The number of anilines is 1. The molecule has 3 N–H and O–H groups in total. The Labute approximate surface area is 60.8 Å². The zero-order chi connectivity index (χ0) is 7.72. The van der Waals surface area contributed by atoms with Gasteiger partial charge >= 0.3 is 0 Å². The normalized spacial score (nSPS) is 9.80. The average molecular weight is 136 g/mol. The monoisotopic (exact) mass is 136 g/mol. The Morgan fingerprint density at radius 3 is 2.30 bits per heavy atom. The van der Waals surface area contributed by atoms with Gasteiger partial charge in [-0.2, -0.15) is 0 Å². The van der Waals surface area contributed by atoms with Crippen LogP contribution < -0.4 is 5.73 Å². The molecule has 0 saturated carbocycles. The van der Waals surface area contributed by atoms with Crippen molar-refractivity contribution in [3.05, 3.63) is 23.5 Å². The van der Waals surface area contributed by atoms with E-state index in [2.05, 4.69) is 11.6 Å². The van der Waals surface area contributed by atoms with Crippen LogP contribution in [-0.2, 0) is 0 Å². The van der Waals surface area contributed by atoms with E-state index in [1.54, 1.807) is 6.08 Å². The molecule has 1 rings (SSSR count). The maximum absolute atomic E-state index is 5.70. The van der Waals surface area contributed by atoms with Crippen molar-refractivity contribution in [2.75, 3.05) is 5.73 Å². The van der Waals surface area contributed by atoms with Crippen molar-refractivity contribution in [2.24, 2.45) is 0 Å². The number of hydrogen-bond acceptors (Lipinski definition) is 1. The summed E-state index contributed by atoms with van der Waals surface area (Å²) in [6.07, 6.45) is 1.78. The summed E-state index contributed by atoms with van der Waals surface area (Å²) in [5.74, 6) is 0. The summed E-state index contributed by atoms with van der Waals surface area (Å²) in [5.41, 5.74) is 9.68. The highest BCUT2D eigenvalue weighted by atomic mass is 14.8. The van der Waals surface area contributed by atoms with E-state index in [-0.39, 0.29) is 0 Å². The summed E-state index contributed by atoms with van der Waals surface area (Å²) in [4.78, 5) is 3.12. The number of nitrogens with two attached hydrogens (primary N) is 1. The standard InChI is InChI=1S/C8H12N2/c1-4-7-5(2)8(9)6(3)10-7/h4,10H,1,9H2,2-3H3. The molecular formula is C8H12N2. The number of H-pyrrole nitrogens is 1. The zero-order valence-electron chi connectivity index (χ0n) is 6.36. The van der Waals surface area contributed by atoms with Gasteiger partial charge in [-0.1, -0.05) is 6.58 Å². The molecule has 0 aromatic carbocycles. The van der Waals surface area contributed by atoms with E-state index >= 15 is 0 Å². The lowest BCUT2D eigenvalue weighted by Crippen LogP contribution is -1.86. The highest BCUT2D eigenvalue weighted by Crippen LogP contribution is 2.19. The summed E-state index contributed by atoms with van der Waals surface area (Å²) >= 11 is 0. The number of aromatic amines is 1. The quantitative estimate of drug-likeness (QED) is 0.608. The van der Waals surface area contributed by atoms with Crippen molar-refractivity contribution in [3.63, 3.8) is 0 Å². The predicted molar refractivity (Wildman–Crippen MR) is 44.8 cm³/mol. The van der Waals surface area contributed by atoms with Crippen LogP contribution in [0.25, 0.3) is 6.08 Å². The van der Waals surface area contributed by atoms with Gasteiger partial charge in [-0.15, -0.1) is 0 Å². The van der Waals surface area contributed by atoms with Crippen LogP contribution in [0.4, 0.5) is 5.69 Å². The predicted octanol–water partition coefficient (Wildman–Crippen LogP) is 1.86. The summed E-state index contributed by atoms with van der Waals surface area (Å²) in [7, 11) is 0. The molecule has 0 aliphatic heterocycles. The highest BCUT2D eigenvalue weighted by molar-refractivity contribution is 5.62. The number of aromatic nitrogens is 1. The van der Waals surface area contributed by atoms with Crippen LogP contribution in [0.3, 0.4) is 0 Å². The fourth-order valence-electron chi connectivity index (χ4n) is 0.994. The van der Waals surface area contributed by atoms with Crippen LogP contribution in [0.2, 0.25) is 0 Å². The second-order valence-electron chi connectivity index (χ2n) is 2.41. The second-order valence-corrected chi connectivity index (χ2v) is 2.41. The number of hydrogen-bond donors (Lipinski definition) is 2. The van der Waals surface area contributed by atoms with Crippen LogP contribution >= 0.6 is 0 Å². The van der Waals surface area contributed by atoms with E-state index in [0.29, 0.717) is 0 Å². The Hall–Kier alpha value is -1.18. The first-order valence-electron chi connectivity index (χ1n) is 3.24. The van der Waals surface area contributed by atoms with Crippen LogP contribution in [0.1, 0.15) is 17.0 Å². The molecule has 0 amide bonds. The van der Waals surface area contributed by atoms with Gasteiger partial charge < -0.3 is 10.7 Å². The van der Waals surface area contributed by atoms with Crippen LogP contribution in [-0.4, -0.2) is 4.98 Å². The van der Waals surface area contributed by atoms with Gasteiger partial charge in [0.2, 0.25) is 0 Å². The minimum atomic E-state index is 0.843. The highest BCUT2D eigenvalue weighted by Gasteiger charge is 2.03. The molecule has 0 bridgehead atoms. The van der Waals surface area contributed by atoms with Crippen molar-refractivity contribution < 1.29 is 0 Å². The molecule has 1 aromatic heterocycles. The molecule has 0 spiro atoms. The average Bonchev–Trinajstić information content (AvgIpc) is 2.17. The topological polar surface area (TPSA) is 41.8 Å². The molecule has 0 atom stereocenters. The Bertz CT molecular complexity index is 258. The van der Waals surface area contributed by atoms with Gasteiger partial charge in [-0.3, -0.25) is 0 Å². The first-order chi connectivity index (χ1) is 4.66. The van der Waals surface area contributed by atoms with E-state index in [4.69, 9.17) is 5.73 Å². The zero-order valence-corrected chi connectivity index (χ0v) is 6.36. The largest absolute Gasteiger partial charge is 0.397 e. The molecule has 0 unspecified atom stereocenters. The lowest BCUT2D eigenvalue weighted by Gasteiger charge is -1.89. The summed E-state index contributed by atoms with van der Waals surface area (Å²) in [5, 5.41) is 0. The number of nitrogens with one attached hydrogen (secondary N) is 1. The third-order valence-corrected chi connectivity index (χ3v) is 1.74. The van der Waals surface area contributed by atoms with Gasteiger partial charge in [0.25, 0.3) is 0 Å². The van der Waals surface area contributed by atoms with Gasteiger partial charge in [0, 0.05) is 11.4 Å². The minimum absolute atomic E-state index is 0.843. The van der Waals surface area contributed by atoms with Crippen LogP contribution in [0, 0.1) is 13.8 Å². The van der Waals surface area contributed by atoms with Gasteiger partial charge in [-0.05, 0) is 25.5 Å². The van der Waals surface area contributed by atoms with E-state index in [1.165, 1.54) is 0 Å². The molecular weight excluding hydrogens is 124 g/mol. The Kier molecular flexibility index (Phi) is 1.53.